The molecule has 1 atom stereocenters. The SMILES string of the molecule is CCCCCCCCCCCCCCCCCC[NH+](C)CCCCCCCCCCCCCCCC.Fc1c(F)c(F)c([B-](c2c(F)c(F)c(F)c(F)c2F)(c2c(F)c(F)c(F)c(F)c2F)c2c(F)c(F)c(F)c(F)c2F)c(F)c1F. The Morgan fingerprint density at radius 1 is 0.198 bits per heavy atom. The lowest BCUT2D eigenvalue weighted by Gasteiger charge is -2.44. The topological polar surface area (TPSA) is 4.44 Å². The van der Waals surface area contributed by atoms with Crippen LogP contribution in [-0.2, 0) is 0 Å². The highest BCUT2D eigenvalue weighted by atomic mass is 19.2. The number of benzene rings is 4. The average molecular weight is 1190 g/mol. The first-order chi connectivity index (χ1) is 38.5. The predicted octanol–water partition coefficient (Wildman–Crippen LogP) is 17.1. The minimum Gasteiger partial charge on any atom is -0.337 e. The van der Waals surface area contributed by atoms with Crippen LogP contribution in [0.5, 0.6) is 0 Å². The van der Waals surface area contributed by atoms with Gasteiger partial charge in [-0.15, -0.1) is 21.9 Å². The van der Waals surface area contributed by atoms with Crippen LogP contribution in [0.3, 0.4) is 0 Å². The standard InChI is InChI=1S/C35H73N.C24BF20/c1-4-6-8-10-12-14-16-18-20-21-23-25-27-29-31-33-35-36(3)34-32-30-28-26-24-22-19-17-15-13-11-9-7-5-2;26-5-1(6(27)14(35)21(42)13(5)34)25(2-7(28)15(36)22(43)16(37)8(2)29,3-9(30)17(38)23(44)18(39)10(3)31)4-11(32)19(40)24(45)20(41)12(4)33/h4-35H2,1-3H3;/q;-1/p+1. The van der Waals surface area contributed by atoms with Crippen molar-refractivity contribution in [3.8, 4) is 0 Å². The summed E-state index contributed by atoms with van der Waals surface area (Å²) in [4.78, 5) is 1.78. The van der Waals surface area contributed by atoms with Gasteiger partial charge in [0.15, 0.2) is 69.8 Å². The van der Waals surface area contributed by atoms with Gasteiger partial charge in [0.1, 0.15) is 52.7 Å². The Balaban J connectivity index is 0.000000438. The summed E-state index contributed by atoms with van der Waals surface area (Å²) >= 11 is 0. The highest BCUT2D eigenvalue weighted by Gasteiger charge is 2.52. The lowest BCUT2D eigenvalue weighted by molar-refractivity contribution is -0.880. The van der Waals surface area contributed by atoms with Crippen molar-refractivity contribution in [3.63, 3.8) is 0 Å². The van der Waals surface area contributed by atoms with Crippen molar-refractivity contribution in [3.05, 3.63) is 116 Å². The lowest BCUT2D eigenvalue weighted by atomic mass is 9.12. The Hall–Kier alpha value is -4.50. The van der Waals surface area contributed by atoms with E-state index in [1.807, 2.05) is 0 Å². The quantitative estimate of drug-likeness (QED) is 0.0152. The molecule has 4 aromatic rings. The Kier molecular flexibility index (Phi) is 31.1. The van der Waals surface area contributed by atoms with Gasteiger partial charge in [-0.2, -0.15) is 0 Å². The van der Waals surface area contributed by atoms with Crippen molar-refractivity contribution >= 4 is 28.0 Å². The van der Waals surface area contributed by atoms with Gasteiger partial charge >= 0.3 is 0 Å². The maximum absolute atomic E-state index is 15.4. The molecule has 0 amide bonds. The van der Waals surface area contributed by atoms with Gasteiger partial charge in [-0.25, -0.2) is 87.8 Å². The molecule has 0 bridgehead atoms. The maximum atomic E-state index is 15.4. The summed E-state index contributed by atoms with van der Waals surface area (Å²) in [7, 11) is 2.42. The number of halogens is 20. The van der Waals surface area contributed by atoms with Crippen molar-refractivity contribution in [2.24, 2.45) is 0 Å². The van der Waals surface area contributed by atoms with Gasteiger partial charge in [-0.3, -0.25) is 0 Å². The minimum absolute atomic E-state index is 1.37. The Bertz CT molecular complexity index is 2210. The van der Waals surface area contributed by atoms with E-state index in [4.69, 9.17) is 0 Å². The molecular formula is C59H74BF20N. The molecule has 0 aliphatic rings. The Morgan fingerprint density at radius 3 is 0.469 bits per heavy atom. The first kappa shape index (κ1) is 70.8. The molecule has 0 aliphatic heterocycles. The van der Waals surface area contributed by atoms with E-state index < -0.39 is 144 Å². The molecule has 4 aromatic carbocycles. The van der Waals surface area contributed by atoms with E-state index in [0.717, 1.165) is 0 Å². The van der Waals surface area contributed by atoms with Gasteiger partial charge in [0.05, 0.1) is 20.1 Å². The van der Waals surface area contributed by atoms with Crippen LogP contribution >= 0.6 is 0 Å². The summed E-state index contributed by atoms with van der Waals surface area (Å²) in [5, 5.41) is 0. The van der Waals surface area contributed by atoms with Crippen LogP contribution in [-0.4, -0.2) is 26.3 Å². The molecule has 458 valence electrons. The molecule has 81 heavy (non-hydrogen) atoms. The maximum Gasteiger partial charge on any atom is 0.200 e. The number of hydrogen-bond acceptors (Lipinski definition) is 0. The summed E-state index contributed by atoms with van der Waals surface area (Å²) in [6.45, 7) is 7.41. The van der Waals surface area contributed by atoms with E-state index in [2.05, 4.69) is 20.9 Å². The summed E-state index contributed by atoms with van der Waals surface area (Å²) < 4.78 is 294. The smallest absolute Gasteiger partial charge is 0.200 e. The molecule has 22 heteroatoms. The number of rotatable bonds is 36. The molecule has 4 rings (SSSR count). The van der Waals surface area contributed by atoms with Crippen LogP contribution in [0.1, 0.15) is 206 Å². The van der Waals surface area contributed by atoms with E-state index in [0.29, 0.717) is 0 Å². The first-order valence-electron chi connectivity index (χ1n) is 28.6. The van der Waals surface area contributed by atoms with Crippen LogP contribution in [0, 0.1) is 116 Å². The fourth-order valence-electron chi connectivity index (χ4n) is 10.6. The molecule has 1 N–H and O–H groups in total. The molecule has 1 nitrogen and oxygen atoms in total. The van der Waals surface area contributed by atoms with Crippen molar-refractivity contribution in [1.29, 1.82) is 0 Å². The van der Waals surface area contributed by atoms with Gasteiger partial charge in [0, 0.05) is 0 Å². The van der Waals surface area contributed by atoms with Crippen molar-refractivity contribution in [2.75, 3.05) is 20.1 Å². The molecular weight excluding hydrogens is 1110 g/mol. The summed E-state index contributed by atoms with van der Waals surface area (Å²) in [5.41, 5.74) is -14.3. The molecule has 0 radical (unpaired) electrons. The van der Waals surface area contributed by atoms with Gasteiger partial charge in [-0.05, 0) is 25.7 Å². The van der Waals surface area contributed by atoms with Crippen LogP contribution in [0.25, 0.3) is 0 Å². The highest BCUT2D eigenvalue weighted by molar-refractivity contribution is 7.20. The summed E-state index contributed by atoms with van der Waals surface area (Å²) in [6, 6.07) is 0. The molecule has 0 aromatic heterocycles. The zero-order valence-corrected chi connectivity index (χ0v) is 46.3. The molecule has 0 saturated heterocycles. The number of nitrogens with one attached hydrogen (secondary N) is 1. The highest BCUT2D eigenvalue weighted by Crippen LogP contribution is 2.31. The number of quaternary nitrogens is 1. The number of unbranched alkanes of at least 4 members (excludes halogenated alkanes) is 28. The molecule has 0 fully saturated rings. The molecule has 0 heterocycles. The summed E-state index contributed by atoms with van der Waals surface area (Å²) in [5.74, 6) is -71.4. The van der Waals surface area contributed by atoms with Crippen LogP contribution < -0.4 is 26.8 Å². The van der Waals surface area contributed by atoms with E-state index >= 15 is 35.1 Å². The zero-order valence-electron chi connectivity index (χ0n) is 46.3. The van der Waals surface area contributed by atoms with Gasteiger partial charge in [0.25, 0.3) is 0 Å². The lowest BCUT2D eigenvalue weighted by Crippen LogP contribution is -3.09. The second-order valence-corrected chi connectivity index (χ2v) is 21.2. The van der Waals surface area contributed by atoms with Crippen molar-refractivity contribution in [2.45, 2.75) is 206 Å². The zero-order chi connectivity index (χ0) is 60.6. The summed E-state index contributed by atoms with van der Waals surface area (Å²) in [6.07, 6.45) is 36.8. The molecule has 0 saturated carbocycles. The third-order valence-corrected chi connectivity index (χ3v) is 15.1. The minimum atomic E-state index is -7.22. The van der Waals surface area contributed by atoms with Gasteiger partial charge in [0.2, 0.25) is 0 Å². The van der Waals surface area contributed by atoms with E-state index in [-0.39, 0.29) is 0 Å². The second kappa shape index (κ2) is 35.6. The fourth-order valence-corrected chi connectivity index (χ4v) is 10.6. The van der Waals surface area contributed by atoms with Gasteiger partial charge < -0.3 is 4.90 Å². The van der Waals surface area contributed by atoms with E-state index in [9.17, 15) is 52.7 Å². The van der Waals surface area contributed by atoms with Crippen molar-refractivity contribution < 1.29 is 92.7 Å². The molecule has 0 spiro atoms. The Morgan fingerprint density at radius 2 is 0.321 bits per heavy atom. The van der Waals surface area contributed by atoms with Crippen LogP contribution in [0.4, 0.5) is 87.8 Å². The van der Waals surface area contributed by atoms with E-state index in [1.165, 1.54) is 206 Å². The second-order valence-electron chi connectivity index (χ2n) is 21.2. The average Bonchev–Trinajstić information content (AvgIpc) is 3.47. The number of hydrogen-bond donors (Lipinski definition) is 1. The Labute approximate surface area is 462 Å². The van der Waals surface area contributed by atoms with Crippen LogP contribution in [0.15, 0.2) is 0 Å². The van der Waals surface area contributed by atoms with E-state index in [1.54, 1.807) is 4.90 Å². The van der Waals surface area contributed by atoms with Gasteiger partial charge in [-0.1, -0.05) is 181 Å². The predicted molar refractivity (Wildman–Crippen MR) is 276 cm³/mol. The third kappa shape index (κ3) is 18.3. The molecule has 0 aliphatic carbocycles. The first-order valence-corrected chi connectivity index (χ1v) is 28.6. The van der Waals surface area contributed by atoms with Crippen LogP contribution in [0.2, 0.25) is 0 Å². The van der Waals surface area contributed by atoms with Crippen molar-refractivity contribution in [1.82, 2.24) is 0 Å². The monoisotopic (exact) mass is 1190 g/mol. The fraction of sp³-hybridized carbons (Fsp3) is 0.593. The third-order valence-electron chi connectivity index (χ3n) is 15.1. The molecule has 1 unspecified atom stereocenters. The largest absolute Gasteiger partial charge is 0.337 e. The normalized spacial score (nSPS) is 12.2.